The summed E-state index contributed by atoms with van der Waals surface area (Å²) >= 11 is 0. The third kappa shape index (κ3) is 2.41. The average molecular weight is 254 g/mol. The number of carboxylic acids is 1. The number of aliphatic carboxylic acids is 1. The predicted octanol–water partition coefficient (Wildman–Crippen LogP) is 1.83. The second-order valence-corrected chi connectivity index (χ2v) is 6.63. The molecule has 0 spiro atoms. The highest BCUT2D eigenvalue weighted by molar-refractivity contribution is 5.79. The molecule has 4 heteroatoms. The number of hydrogen-bond donors (Lipinski definition) is 2. The van der Waals surface area contributed by atoms with Gasteiger partial charge < -0.3 is 10.8 Å². The van der Waals surface area contributed by atoms with Crippen molar-refractivity contribution in [2.75, 3.05) is 13.1 Å². The van der Waals surface area contributed by atoms with Gasteiger partial charge in [0.2, 0.25) is 0 Å². The topological polar surface area (TPSA) is 66.6 Å². The number of nitrogens with zero attached hydrogens (tertiary/aromatic N) is 1. The lowest BCUT2D eigenvalue weighted by molar-refractivity contribution is -0.144. The molecule has 1 heterocycles. The van der Waals surface area contributed by atoms with E-state index in [1.165, 1.54) is 12.8 Å². The summed E-state index contributed by atoms with van der Waals surface area (Å²) in [7, 11) is 0. The molecule has 18 heavy (non-hydrogen) atoms. The van der Waals surface area contributed by atoms with Gasteiger partial charge in [-0.1, -0.05) is 6.42 Å². The highest BCUT2D eigenvalue weighted by Crippen LogP contribution is 2.37. The first kappa shape index (κ1) is 13.8. The molecule has 1 saturated heterocycles. The highest BCUT2D eigenvalue weighted by atomic mass is 16.4. The molecule has 2 atom stereocenters. The molecular formula is C14H26N2O2. The van der Waals surface area contributed by atoms with E-state index in [9.17, 15) is 9.90 Å². The van der Waals surface area contributed by atoms with Gasteiger partial charge in [0, 0.05) is 5.54 Å². The number of carboxylic acid groups (broad SMARTS) is 1. The van der Waals surface area contributed by atoms with Gasteiger partial charge in [0.25, 0.3) is 0 Å². The van der Waals surface area contributed by atoms with Crippen molar-refractivity contribution < 1.29 is 9.90 Å². The number of carbonyl (C=O) groups is 1. The fraction of sp³-hybridized carbons (Fsp3) is 0.929. The van der Waals surface area contributed by atoms with Crippen LogP contribution in [0.15, 0.2) is 0 Å². The summed E-state index contributed by atoms with van der Waals surface area (Å²) in [6.45, 7) is 6.69. The number of rotatable bonds is 4. The van der Waals surface area contributed by atoms with Gasteiger partial charge in [-0.15, -0.1) is 0 Å². The number of nitrogens with two attached hydrogens (primary N) is 1. The molecule has 1 saturated carbocycles. The van der Waals surface area contributed by atoms with Crippen LogP contribution in [-0.2, 0) is 4.79 Å². The maximum absolute atomic E-state index is 11.3. The molecule has 3 N–H and O–H groups in total. The molecule has 0 aromatic rings. The van der Waals surface area contributed by atoms with Crippen LogP contribution in [0.2, 0.25) is 0 Å². The monoisotopic (exact) mass is 254 g/mol. The second-order valence-electron chi connectivity index (χ2n) is 6.63. The molecule has 2 rings (SSSR count). The molecule has 0 aromatic heterocycles. The summed E-state index contributed by atoms with van der Waals surface area (Å²) in [6.07, 6.45) is 5.98. The smallest absolute Gasteiger partial charge is 0.323 e. The molecular weight excluding hydrogens is 228 g/mol. The molecule has 104 valence electrons. The van der Waals surface area contributed by atoms with Gasteiger partial charge in [0.15, 0.2) is 0 Å². The Bertz CT molecular complexity index is 330. The van der Waals surface area contributed by atoms with E-state index in [-0.39, 0.29) is 11.5 Å². The van der Waals surface area contributed by atoms with Crippen LogP contribution in [0.1, 0.15) is 52.4 Å². The third-order valence-electron chi connectivity index (χ3n) is 5.09. The first-order chi connectivity index (χ1) is 8.36. The van der Waals surface area contributed by atoms with Gasteiger partial charge in [-0.25, -0.2) is 0 Å². The van der Waals surface area contributed by atoms with Crippen LogP contribution in [0.3, 0.4) is 0 Å². The van der Waals surface area contributed by atoms with E-state index in [0.29, 0.717) is 6.42 Å². The Hall–Kier alpha value is -0.610. The van der Waals surface area contributed by atoms with Crippen molar-refractivity contribution in [3.05, 3.63) is 0 Å². The zero-order chi connectivity index (χ0) is 13.4. The number of likely N-dealkylation sites (tertiary alicyclic amines) is 1. The summed E-state index contributed by atoms with van der Waals surface area (Å²) in [4.78, 5) is 13.8. The van der Waals surface area contributed by atoms with E-state index in [2.05, 4.69) is 18.7 Å². The van der Waals surface area contributed by atoms with Crippen LogP contribution < -0.4 is 5.73 Å². The standard InChI is InChI=1S/C14H26N2O2/c1-13(2)7-4-9-16(13)10-6-11-5-3-8-14(11,15)12(17)18/h11H,3-10,15H2,1-2H3,(H,17,18). The minimum atomic E-state index is -0.968. The normalized spacial score (nSPS) is 36.1. The number of hydrogen-bond acceptors (Lipinski definition) is 3. The first-order valence-corrected chi connectivity index (χ1v) is 7.13. The first-order valence-electron chi connectivity index (χ1n) is 7.13. The minimum absolute atomic E-state index is 0.145. The fourth-order valence-corrected chi connectivity index (χ4v) is 3.68. The molecule has 0 aromatic carbocycles. The summed E-state index contributed by atoms with van der Waals surface area (Å²) in [5.74, 6) is -0.669. The lowest BCUT2D eigenvalue weighted by atomic mass is 9.85. The van der Waals surface area contributed by atoms with Gasteiger partial charge in [0.05, 0.1) is 0 Å². The van der Waals surface area contributed by atoms with Crippen molar-refractivity contribution in [1.29, 1.82) is 0 Å². The molecule has 0 bridgehead atoms. The van der Waals surface area contributed by atoms with Crippen LogP contribution in [0.25, 0.3) is 0 Å². The SMILES string of the molecule is CC1(C)CCCN1CCC1CCCC1(N)C(=O)O. The quantitative estimate of drug-likeness (QED) is 0.803. The van der Waals surface area contributed by atoms with Gasteiger partial charge in [-0.05, 0) is 65.0 Å². The fourth-order valence-electron chi connectivity index (χ4n) is 3.68. The maximum atomic E-state index is 11.3. The van der Waals surface area contributed by atoms with Crippen LogP contribution >= 0.6 is 0 Å². The molecule has 2 aliphatic rings. The Kier molecular flexibility index (Phi) is 3.70. The van der Waals surface area contributed by atoms with Gasteiger partial charge in [-0.2, -0.15) is 0 Å². The predicted molar refractivity (Wildman–Crippen MR) is 71.4 cm³/mol. The van der Waals surface area contributed by atoms with Crippen molar-refractivity contribution in [1.82, 2.24) is 4.90 Å². The lowest BCUT2D eigenvalue weighted by Gasteiger charge is -2.34. The molecule has 4 nitrogen and oxygen atoms in total. The third-order valence-corrected chi connectivity index (χ3v) is 5.09. The van der Waals surface area contributed by atoms with Crippen LogP contribution in [0.5, 0.6) is 0 Å². The van der Waals surface area contributed by atoms with Crippen molar-refractivity contribution in [3.8, 4) is 0 Å². The van der Waals surface area contributed by atoms with Crippen LogP contribution in [-0.4, -0.2) is 40.1 Å². The van der Waals surface area contributed by atoms with Gasteiger partial charge in [0.1, 0.15) is 5.54 Å². The van der Waals surface area contributed by atoms with Crippen molar-refractivity contribution in [2.24, 2.45) is 11.7 Å². The Morgan fingerprint density at radius 1 is 1.39 bits per heavy atom. The molecule has 2 fully saturated rings. The summed E-state index contributed by atoms with van der Waals surface area (Å²) in [5, 5.41) is 9.30. The zero-order valence-electron chi connectivity index (χ0n) is 11.6. The Morgan fingerprint density at radius 3 is 2.67 bits per heavy atom. The Morgan fingerprint density at radius 2 is 2.11 bits per heavy atom. The van der Waals surface area contributed by atoms with Crippen molar-refractivity contribution >= 4 is 5.97 Å². The molecule has 1 aliphatic heterocycles. The molecule has 0 radical (unpaired) electrons. The molecule has 0 amide bonds. The molecule has 1 aliphatic carbocycles. The maximum Gasteiger partial charge on any atom is 0.323 e. The van der Waals surface area contributed by atoms with E-state index in [4.69, 9.17) is 5.73 Å². The largest absolute Gasteiger partial charge is 0.480 e. The van der Waals surface area contributed by atoms with E-state index in [1.54, 1.807) is 0 Å². The van der Waals surface area contributed by atoms with Gasteiger partial charge >= 0.3 is 5.97 Å². The van der Waals surface area contributed by atoms with Crippen LogP contribution in [0.4, 0.5) is 0 Å². The van der Waals surface area contributed by atoms with E-state index < -0.39 is 11.5 Å². The van der Waals surface area contributed by atoms with Crippen molar-refractivity contribution in [2.45, 2.75) is 63.5 Å². The summed E-state index contributed by atoms with van der Waals surface area (Å²) in [5.41, 5.74) is 5.39. The van der Waals surface area contributed by atoms with E-state index >= 15 is 0 Å². The van der Waals surface area contributed by atoms with Gasteiger partial charge in [-0.3, -0.25) is 9.69 Å². The summed E-state index contributed by atoms with van der Waals surface area (Å²) < 4.78 is 0. The van der Waals surface area contributed by atoms with Crippen LogP contribution in [0, 0.1) is 5.92 Å². The summed E-state index contributed by atoms with van der Waals surface area (Å²) in [6, 6.07) is 0. The second kappa shape index (κ2) is 4.82. The highest BCUT2D eigenvalue weighted by Gasteiger charge is 2.46. The van der Waals surface area contributed by atoms with Crippen molar-refractivity contribution in [3.63, 3.8) is 0 Å². The molecule has 2 unspecified atom stereocenters. The Labute approximate surface area is 110 Å². The zero-order valence-corrected chi connectivity index (χ0v) is 11.6. The Balaban J connectivity index is 1.92. The van der Waals surface area contributed by atoms with E-state index in [0.717, 1.165) is 32.4 Å². The average Bonchev–Trinajstić information content (AvgIpc) is 2.80. The minimum Gasteiger partial charge on any atom is -0.480 e. The van der Waals surface area contributed by atoms with E-state index in [1.807, 2.05) is 0 Å². The lowest BCUT2D eigenvalue weighted by Crippen LogP contribution is -2.52.